The number of sulfone groups is 1. The number of thioether (sulfide) groups is 1. The molecular weight excluding hydrogens is 388 g/mol. The number of hydrogen-bond acceptors (Lipinski definition) is 5. The number of carboxylic acids is 1. The van der Waals surface area contributed by atoms with Crippen LogP contribution in [0.5, 0.6) is 0 Å². The van der Waals surface area contributed by atoms with Crippen LogP contribution >= 0.6 is 23.4 Å². The normalized spacial score (nSPS) is 26.0. The van der Waals surface area contributed by atoms with Gasteiger partial charge < -0.3 is 10.0 Å². The zero-order chi connectivity index (χ0) is 18.2. The standard InChI is InChI=1S/C15H15ClN2O5S2/c16-9-2-1-3-10(6-9)18-11-7-25(22,23)8-12(11)24-15(18)17-13(19)4-5-14(20)21/h1-3,6,11-12H,4-5,7-8H2,(H,20,21)/t11-,12-/m0/s1. The lowest BCUT2D eigenvalue weighted by atomic mass is 10.2. The number of hydrogen-bond donors (Lipinski definition) is 1. The monoisotopic (exact) mass is 402 g/mol. The number of anilines is 1. The molecule has 7 nitrogen and oxygen atoms in total. The van der Waals surface area contributed by atoms with Crippen LogP contribution in [0.2, 0.25) is 5.02 Å². The largest absolute Gasteiger partial charge is 0.481 e. The molecular formula is C15H15ClN2O5S2. The summed E-state index contributed by atoms with van der Waals surface area (Å²) in [4.78, 5) is 28.3. The molecule has 1 N–H and O–H groups in total. The molecule has 0 radical (unpaired) electrons. The summed E-state index contributed by atoms with van der Waals surface area (Å²) in [5.74, 6) is -1.59. The molecule has 10 heteroatoms. The maximum absolute atomic E-state index is 12.0. The van der Waals surface area contributed by atoms with Crippen molar-refractivity contribution >= 4 is 55.9 Å². The first kappa shape index (κ1) is 18.2. The topological polar surface area (TPSA) is 104 Å². The van der Waals surface area contributed by atoms with Crippen LogP contribution in [0.4, 0.5) is 5.69 Å². The first-order valence-electron chi connectivity index (χ1n) is 7.50. The zero-order valence-corrected chi connectivity index (χ0v) is 15.4. The summed E-state index contributed by atoms with van der Waals surface area (Å²) in [5.41, 5.74) is 0.661. The molecule has 0 bridgehead atoms. The van der Waals surface area contributed by atoms with Gasteiger partial charge in [-0.3, -0.25) is 9.59 Å². The van der Waals surface area contributed by atoms with Gasteiger partial charge in [-0.1, -0.05) is 29.4 Å². The molecule has 2 aliphatic heterocycles. The minimum absolute atomic E-state index is 0.0144. The molecule has 2 aliphatic rings. The highest BCUT2D eigenvalue weighted by Crippen LogP contribution is 2.41. The Hall–Kier alpha value is -1.58. The molecule has 25 heavy (non-hydrogen) atoms. The summed E-state index contributed by atoms with van der Waals surface area (Å²) >= 11 is 7.28. The average Bonchev–Trinajstić information content (AvgIpc) is 2.96. The van der Waals surface area contributed by atoms with Gasteiger partial charge in [-0.15, -0.1) is 0 Å². The average molecular weight is 403 g/mol. The van der Waals surface area contributed by atoms with Crippen LogP contribution in [0.25, 0.3) is 0 Å². The van der Waals surface area contributed by atoms with E-state index in [4.69, 9.17) is 16.7 Å². The van der Waals surface area contributed by atoms with Crippen molar-refractivity contribution in [2.24, 2.45) is 4.99 Å². The zero-order valence-electron chi connectivity index (χ0n) is 13.0. The van der Waals surface area contributed by atoms with Gasteiger partial charge in [0.05, 0.1) is 24.0 Å². The predicted octanol–water partition coefficient (Wildman–Crippen LogP) is 1.81. The summed E-state index contributed by atoms with van der Waals surface area (Å²) < 4.78 is 23.9. The van der Waals surface area contributed by atoms with E-state index in [9.17, 15) is 18.0 Å². The minimum atomic E-state index is -3.14. The van der Waals surface area contributed by atoms with Crippen molar-refractivity contribution in [2.75, 3.05) is 16.4 Å². The van der Waals surface area contributed by atoms with Crippen LogP contribution in [-0.2, 0) is 19.4 Å². The lowest BCUT2D eigenvalue weighted by Gasteiger charge is -2.24. The van der Waals surface area contributed by atoms with Gasteiger partial charge in [0, 0.05) is 22.4 Å². The van der Waals surface area contributed by atoms with Gasteiger partial charge in [-0.2, -0.15) is 4.99 Å². The second kappa shape index (κ2) is 6.97. The summed E-state index contributed by atoms with van der Waals surface area (Å²) in [6.07, 6.45) is -0.491. The molecule has 134 valence electrons. The second-order valence-electron chi connectivity index (χ2n) is 5.83. The highest BCUT2D eigenvalue weighted by atomic mass is 35.5. The molecule has 2 atom stereocenters. The van der Waals surface area contributed by atoms with E-state index in [0.29, 0.717) is 15.9 Å². The molecule has 0 aromatic heterocycles. The number of halogens is 1. The lowest BCUT2D eigenvalue weighted by molar-refractivity contribution is -0.138. The lowest BCUT2D eigenvalue weighted by Crippen LogP contribution is -2.37. The number of aliphatic carboxylic acids is 1. The maximum Gasteiger partial charge on any atom is 0.303 e. The van der Waals surface area contributed by atoms with E-state index in [2.05, 4.69) is 4.99 Å². The van der Waals surface area contributed by atoms with Crippen molar-refractivity contribution in [1.29, 1.82) is 0 Å². The van der Waals surface area contributed by atoms with Gasteiger partial charge in [0.1, 0.15) is 0 Å². The van der Waals surface area contributed by atoms with Crippen LogP contribution < -0.4 is 4.90 Å². The van der Waals surface area contributed by atoms with E-state index in [1.165, 1.54) is 11.8 Å². The highest BCUT2D eigenvalue weighted by Gasteiger charge is 2.49. The molecule has 0 spiro atoms. The number of aliphatic imine (C=N–C) groups is 1. The Morgan fingerprint density at radius 2 is 2.08 bits per heavy atom. The van der Waals surface area contributed by atoms with E-state index in [-0.39, 0.29) is 35.6 Å². The molecule has 0 aliphatic carbocycles. The summed E-state index contributed by atoms with van der Waals surface area (Å²) in [6.45, 7) is 0. The fourth-order valence-corrected chi connectivity index (χ4v) is 6.98. The van der Waals surface area contributed by atoms with E-state index >= 15 is 0 Å². The maximum atomic E-state index is 12.0. The van der Waals surface area contributed by atoms with Gasteiger partial charge in [0.2, 0.25) is 5.91 Å². The number of amides is 1. The first-order chi connectivity index (χ1) is 11.7. The van der Waals surface area contributed by atoms with Gasteiger partial charge in [-0.25, -0.2) is 8.42 Å². The van der Waals surface area contributed by atoms with Crippen molar-refractivity contribution in [2.45, 2.75) is 24.1 Å². The Morgan fingerprint density at radius 3 is 2.76 bits per heavy atom. The molecule has 2 saturated heterocycles. The number of carboxylic acid groups (broad SMARTS) is 1. The van der Waals surface area contributed by atoms with E-state index in [1.807, 2.05) is 0 Å². The van der Waals surface area contributed by atoms with Crippen molar-refractivity contribution in [3.8, 4) is 0 Å². The second-order valence-corrected chi connectivity index (χ2v) is 9.63. The van der Waals surface area contributed by atoms with Crippen LogP contribution in [0.15, 0.2) is 29.3 Å². The molecule has 0 saturated carbocycles. The van der Waals surface area contributed by atoms with Crippen molar-refractivity contribution in [1.82, 2.24) is 0 Å². The van der Waals surface area contributed by atoms with E-state index < -0.39 is 21.7 Å². The van der Waals surface area contributed by atoms with Gasteiger partial charge in [-0.05, 0) is 18.2 Å². The quantitative estimate of drug-likeness (QED) is 0.818. The highest BCUT2D eigenvalue weighted by molar-refractivity contribution is 8.16. The number of benzene rings is 1. The van der Waals surface area contributed by atoms with Crippen LogP contribution in [-0.4, -0.2) is 53.4 Å². The first-order valence-corrected chi connectivity index (χ1v) is 10.6. The number of carbonyl (C=O) groups is 2. The Balaban J connectivity index is 1.92. The number of amidine groups is 1. The van der Waals surface area contributed by atoms with Crippen molar-refractivity contribution in [3.05, 3.63) is 29.3 Å². The number of fused-ring (bicyclic) bond motifs is 1. The van der Waals surface area contributed by atoms with Crippen molar-refractivity contribution < 1.29 is 23.1 Å². The minimum Gasteiger partial charge on any atom is -0.481 e. The third-order valence-electron chi connectivity index (χ3n) is 3.93. The van der Waals surface area contributed by atoms with Crippen LogP contribution in [0.1, 0.15) is 12.8 Å². The van der Waals surface area contributed by atoms with Gasteiger partial charge in [0.25, 0.3) is 0 Å². The molecule has 2 fully saturated rings. The molecule has 3 rings (SSSR count). The smallest absolute Gasteiger partial charge is 0.303 e. The predicted molar refractivity (Wildman–Crippen MR) is 97.1 cm³/mol. The third kappa shape index (κ3) is 4.16. The Morgan fingerprint density at radius 1 is 1.32 bits per heavy atom. The summed E-state index contributed by atoms with van der Waals surface area (Å²) in [5, 5.41) is 9.34. The Kier molecular flexibility index (Phi) is 5.08. The fourth-order valence-electron chi connectivity index (χ4n) is 2.87. The third-order valence-corrected chi connectivity index (χ3v) is 7.37. The number of carbonyl (C=O) groups excluding carboxylic acids is 1. The molecule has 1 aromatic carbocycles. The Bertz CT molecular complexity index is 855. The summed E-state index contributed by atoms with van der Waals surface area (Å²) in [6, 6.07) is 6.58. The van der Waals surface area contributed by atoms with Crippen molar-refractivity contribution in [3.63, 3.8) is 0 Å². The summed E-state index contributed by atoms with van der Waals surface area (Å²) in [7, 11) is -3.14. The van der Waals surface area contributed by atoms with Gasteiger partial charge >= 0.3 is 5.97 Å². The fraction of sp³-hybridized carbons (Fsp3) is 0.400. The van der Waals surface area contributed by atoms with E-state index in [1.54, 1.807) is 29.2 Å². The van der Waals surface area contributed by atoms with Crippen LogP contribution in [0.3, 0.4) is 0 Å². The molecule has 2 heterocycles. The van der Waals surface area contributed by atoms with Crippen LogP contribution in [0, 0.1) is 0 Å². The molecule has 1 aromatic rings. The molecule has 1 amide bonds. The SMILES string of the molecule is O=C(O)CCC(=O)N=C1S[C@H]2CS(=O)(=O)C[C@@H]2N1c1cccc(Cl)c1. The van der Waals surface area contributed by atoms with E-state index in [0.717, 1.165) is 0 Å². The Labute approximate surface area is 154 Å². The van der Waals surface area contributed by atoms with Gasteiger partial charge in [0.15, 0.2) is 15.0 Å². The molecule has 0 unspecified atom stereocenters. The number of nitrogens with zero attached hydrogens (tertiary/aromatic N) is 2. The number of rotatable bonds is 4.